The molecule has 0 unspecified atom stereocenters. The molecule has 0 saturated carbocycles. The number of H-pyrrole nitrogens is 1. The van der Waals surface area contributed by atoms with Crippen LogP contribution in [0.1, 0.15) is 12.0 Å². The monoisotopic (exact) mass is 449 g/mol. The number of aromatic amines is 1. The van der Waals surface area contributed by atoms with E-state index in [0.717, 1.165) is 10.2 Å². The molecule has 2 N–H and O–H groups in total. The molecule has 170 valence electrons. The van der Waals surface area contributed by atoms with E-state index in [0.29, 0.717) is 16.7 Å². The quantitative estimate of drug-likeness (QED) is 0.538. The van der Waals surface area contributed by atoms with Crippen molar-refractivity contribution in [2.45, 2.75) is 38.6 Å². The summed E-state index contributed by atoms with van der Waals surface area (Å²) in [5, 5.41) is 7.35. The number of carbonyl (C=O) groups excluding carboxylic acids is 1. The molecule has 1 aliphatic heterocycles. The van der Waals surface area contributed by atoms with E-state index in [2.05, 4.69) is 31.9 Å². The third kappa shape index (κ3) is 4.53. The van der Waals surface area contributed by atoms with Crippen LogP contribution in [0.5, 0.6) is 5.88 Å². The molecule has 1 aliphatic rings. The molecule has 3 aromatic heterocycles. The first-order valence-corrected chi connectivity index (χ1v) is 9.99. The highest BCUT2D eigenvalue weighted by Crippen LogP contribution is 2.30. The highest BCUT2D eigenvalue weighted by Gasteiger charge is 2.33. The van der Waals surface area contributed by atoms with Gasteiger partial charge in [0.2, 0.25) is 17.7 Å². The number of piperidine rings is 1. The molecule has 3 aromatic rings. The molecule has 1 fully saturated rings. The summed E-state index contributed by atoms with van der Waals surface area (Å²) in [6.07, 6.45) is 1.08. The Hall–Kier alpha value is -3.57. The maximum absolute atomic E-state index is 14.6. The van der Waals surface area contributed by atoms with Crippen molar-refractivity contribution in [2.24, 2.45) is 0 Å². The van der Waals surface area contributed by atoms with E-state index < -0.39 is 25.2 Å². The molecule has 4 heterocycles. The highest BCUT2D eigenvalue weighted by atomic mass is 19.3. The summed E-state index contributed by atoms with van der Waals surface area (Å²) in [6.45, 7) is 5.11. The second-order valence-corrected chi connectivity index (χ2v) is 7.46. The maximum Gasteiger partial charge on any atom is 0.257 e. The van der Waals surface area contributed by atoms with Crippen molar-refractivity contribution in [2.75, 3.05) is 18.4 Å². The number of likely N-dealkylation sites (tertiary alicyclic amines) is 1. The van der Waals surface area contributed by atoms with Crippen molar-refractivity contribution in [3.05, 3.63) is 36.8 Å². The van der Waals surface area contributed by atoms with E-state index in [1.54, 1.807) is 6.20 Å². The molecule has 4 rings (SSSR count). The molecular weight excluding hydrogens is 427 g/mol. The first-order valence-electron chi connectivity index (χ1n) is 9.99. The zero-order chi connectivity index (χ0) is 22.8. The van der Waals surface area contributed by atoms with Gasteiger partial charge in [-0.1, -0.05) is 6.58 Å². The van der Waals surface area contributed by atoms with Gasteiger partial charge in [-0.2, -0.15) is 15.1 Å². The number of rotatable bonds is 7. The van der Waals surface area contributed by atoms with Crippen LogP contribution in [-0.4, -0.2) is 67.3 Å². The Balaban J connectivity index is 1.60. The van der Waals surface area contributed by atoms with E-state index in [9.17, 15) is 18.0 Å². The smallest absolute Gasteiger partial charge is 0.257 e. The Morgan fingerprint density at radius 3 is 3.03 bits per heavy atom. The fourth-order valence-electron chi connectivity index (χ4n) is 3.56. The van der Waals surface area contributed by atoms with Gasteiger partial charge in [-0.15, -0.1) is 0 Å². The Labute approximate surface area is 181 Å². The molecule has 2 atom stereocenters. The van der Waals surface area contributed by atoms with Crippen LogP contribution in [0.15, 0.2) is 31.2 Å². The van der Waals surface area contributed by atoms with Crippen molar-refractivity contribution in [3.8, 4) is 5.88 Å². The molecule has 1 saturated heterocycles. The average molecular weight is 449 g/mol. The lowest BCUT2D eigenvalue weighted by molar-refractivity contribution is -0.130. The SMILES string of the molecule is C=CC(=O)N1CC[C@@H](F)[C@@H](Oc2nc(Nc3cnn(CC(F)F)c3)nc3[nH]cc(C)c23)C1. The lowest BCUT2D eigenvalue weighted by Crippen LogP contribution is -2.49. The van der Waals surface area contributed by atoms with Crippen molar-refractivity contribution in [1.82, 2.24) is 29.6 Å². The molecule has 1 amide bonds. The number of alkyl halides is 3. The first-order chi connectivity index (χ1) is 15.3. The number of ether oxygens (including phenoxy) is 1. The Morgan fingerprint density at radius 1 is 1.47 bits per heavy atom. The van der Waals surface area contributed by atoms with Crippen LogP contribution in [0, 0.1) is 6.92 Å². The van der Waals surface area contributed by atoms with Gasteiger partial charge in [0.05, 0.1) is 23.8 Å². The number of halogens is 3. The predicted octanol–water partition coefficient (Wildman–Crippen LogP) is 2.98. The van der Waals surface area contributed by atoms with Crippen LogP contribution >= 0.6 is 0 Å². The molecular formula is C20H22F3N7O2. The van der Waals surface area contributed by atoms with Gasteiger partial charge in [-0.05, 0) is 25.0 Å². The Bertz CT molecular complexity index is 1130. The minimum Gasteiger partial charge on any atom is -0.469 e. The third-order valence-electron chi connectivity index (χ3n) is 5.14. The van der Waals surface area contributed by atoms with Crippen molar-refractivity contribution < 1.29 is 22.7 Å². The van der Waals surface area contributed by atoms with Crippen LogP contribution in [-0.2, 0) is 11.3 Å². The molecule has 32 heavy (non-hydrogen) atoms. The second-order valence-electron chi connectivity index (χ2n) is 7.46. The summed E-state index contributed by atoms with van der Waals surface area (Å²) < 4.78 is 46.8. The second kappa shape index (κ2) is 8.89. The predicted molar refractivity (Wildman–Crippen MR) is 111 cm³/mol. The topological polar surface area (TPSA) is 101 Å². The summed E-state index contributed by atoms with van der Waals surface area (Å²) in [5.74, 6) is -0.0210. The number of carbonyl (C=O) groups is 1. The number of fused-ring (bicyclic) bond motifs is 1. The van der Waals surface area contributed by atoms with Gasteiger partial charge in [0.15, 0.2) is 0 Å². The molecule has 0 radical (unpaired) electrons. The Morgan fingerprint density at radius 2 is 2.28 bits per heavy atom. The number of hydrogen-bond acceptors (Lipinski definition) is 6. The minimum atomic E-state index is -2.53. The molecule has 0 spiro atoms. The lowest BCUT2D eigenvalue weighted by atomic mass is 10.1. The van der Waals surface area contributed by atoms with Crippen molar-refractivity contribution >= 4 is 28.6 Å². The molecule has 0 aliphatic carbocycles. The lowest BCUT2D eigenvalue weighted by Gasteiger charge is -2.34. The van der Waals surface area contributed by atoms with Crippen molar-refractivity contribution in [1.29, 1.82) is 0 Å². The number of nitrogens with one attached hydrogen (secondary N) is 2. The van der Waals surface area contributed by atoms with Gasteiger partial charge < -0.3 is 19.9 Å². The number of anilines is 2. The Kier molecular flexibility index (Phi) is 6.01. The van der Waals surface area contributed by atoms with Gasteiger partial charge in [0.1, 0.15) is 24.5 Å². The van der Waals surface area contributed by atoms with Gasteiger partial charge in [0.25, 0.3) is 6.43 Å². The summed E-state index contributed by atoms with van der Waals surface area (Å²) in [7, 11) is 0. The molecule has 9 nitrogen and oxygen atoms in total. The van der Waals surface area contributed by atoms with E-state index in [-0.39, 0.29) is 37.2 Å². The van der Waals surface area contributed by atoms with Gasteiger partial charge in [-0.25, -0.2) is 13.2 Å². The van der Waals surface area contributed by atoms with Crippen LogP contribution in [0.2, 0.25) is 0 Å². The standard InChI is InChI=1S/C20H22F3N7O2/c1-3-16(31)29-5-4-13(21)14(9-29)32-19-17-11(2)6-24-18(17)27-20(28-19)26-12-7-25-30(8-12)10-15(22)23/h3,6-8,13-15H,1,4-5,9-10H2,2H3,(H2,24,26,27,28)/t13-,14+/m1/s1. The zero-order valence-electron chi connectivity index (χ0n) is 17.3. The van der Waals surface area contributed by atoms with Gasteiger partial charge >= 0.3 is 0 Å². The number of aryl methyl sites for hydroxylation is 1. The summed E-state index contributed by atoms with van der Waals surface area (Å²) >= 11 is 0. The average Bonchev–Trinajstić information content (AvgIpc) is 3.34. The van der Waals surface area contributed by atoms with E-state index in [4.69, 9.17) is 4.74 Å². The fourth-order valence-corrected chi connectivity index (χ4v) is 3.56. The summed E-state index contributed by atoms with van der Waals surface area (Å²) in [4.78, 5) is 25.2. The molecule has 0 bridgehead atoms. The van der Waals surface area contributed by atoms with E-state index in [1.807, 2.05) is 6.92 Å². The number of aromatic nitrogens is 5. The maximum atomic E-state index is 14.6. The highest BCUT2D eigenvalue weighted by molar-refractivity contribution is 5.87. The van der Waals surface area contributed by atoms with Gasteiger partial charge in [-0.3, -0.25) is 9.48 Å². The fraction of sp³-hybridized carbons (Fsp3) is 0.400. The van der Waals surface area contributed by atoms with Crippen molar-refractivity contribution in [3.63, 3.8) is 0 Å². The number of hydrogen-bond donors (Lipinski definition) is 2. The summed E-state index contributed by atoms with van der Waals surface area (Å²) in [6, 6.07) is 0. The number of nitrogens with zero attached hydrogens (tertiary/aromatic N) is 5. The van der Waals surface area contributed by atoms with Crippen LogP contribution in [0.3, 0.4) is 0 Å². The zero-order valence-corrected chi connectivity index (χ0v) is 17.3. The normalized spacial score (nSPS) is 18.8. The molecule has 0 aromatic carbocycles. The van der Waals surface area contributed by atoms with E-state index in [1.165, 1.54) is 23.4 Å². The van der Waals surface area contributed by atoms with Crippen LogP contribution in [0.4, 0.5) is 24.8 Å². The summed E-state index contributed by atoms with van der Waals surface area (Å²) in [5.41, 5.74) is 1.67. The first kappa shape index (κ1) is 21.7. The largest absolute Gasteiger partial charge is 0.469 e. The van der Waals surface area contributed by atoms with E-state index >= 15 is 0 Å². The number of amides is 1. The van der Waals surface area contributed by atoms with Gasteiger partial charge in [0, 0.05) is 18.9 Å². The third-order valence-corrected chi connectivity index (χ3v) is 5.14. The molecule has 12 heteroatoms. The van der Waals surface area contributed by atoms with Crippen LogP contribution in [0.25, 0.3) is 11.0 Å². The minimum absolute atomic E-state index is 0.0597. The van der Waals surface area contributed by atoms with Crippen LogP contribution < -0.4 is 10.1 Å².